The first kappa shape index (κ1) is 25.2. The Kier molecular flexibility index (Phi) is 6.07. The van der Waals surface area contributed by atoms with Crippen molar-refractivity contribution in [3.05, 3.63) is 95.9 Å². The second-order valence-electron chi connectivity index (χ2n) is 9.46. The number of hydrogen-bond acceptors (Lipinski definition) is 4. The number of benzene rings is 2. The van der Waals surface area contributed by atoms with Crippen molar-refractivity contribution in [2.75, 3.05) is 5.32 Å². The average Bonchev–Trinajstić information content (AvgIpc) is 3.50. The van der Waals surface area contributed by atoms with Gasteiger partial charge in [0.25, 0.3) is 5.91 Å². The lowest BCUT2D eigenvalue weighted by Crippen LogP contribution is -2.17. The molecule has 3 heterocycles. The number of amides is 1. The number of rotatable bonds is 5. The average molecular weight is 520 g/mol. The standard InChI is InChI=1S/C28H24F3N5O2/c1-27(2,38)23-16-36-24(32-23)12-10-19(17-7-5-4-6-8-17)25(36)33-26(37)18-9-11-21(28(29,30)31)20(15-18)22-13-14-35(3)34-22/h4-16,38H,1-3H3,(H,33,37). The number of carbonyl (C=O) groups excluding carboxylic acids is 1. The number of aliphatic hydroxyl groups is 1. The van der Waals surface area contributed by atoms with Gasteiger partial charge in [0, 0.05) is 36.1 Å². The maximum Gasteiger partial charge on any atom is 0.417 e. The molecule has 5 rings (SSSR count). The molecule has 5 aromatic rings. The molecule has 0 saturated heterocycles. The second-order valence-corrected chi connectivity index (χ2v) is 9.46. The van der Waals surface area contributed by atoms with Crippen molar-refractivity contribution in [2.45, 2.75) is 25.6 Å². The smallest absolute Gasteiger partial charge is 0.384 e. The topological polar surface area (TPSA) is 84.5 Å². The van der Waals surface area contributed by atoms with E-state index in [-0.39, 0.29) is 16.8 Å². The van der Waals surface area contributed by atoms with Crippen LogP contribution in [-0.2, 0) is 18.8 Å². The van der Waals surface area contributed by atoms with E-state index in [1.165, 1.54) is 23.0 Å². The highest BCUT2D eigenvalue weighted by Gasteiger charge is 2.35. The lowest BCUT2D eigenvalue weighted by atomic mass is 10.00. The third-order valence-electron chi connectivity index (χ3n) is 6.15. The van der Waals surface area contributed by atoms with Crippen molar-refractivity contribution in [3.63, 3.8) is 0 Å². The minimum absolute atomic E-state index is 0.0255. The monoisotopic (exact) mass is 519 g/mol. The summed E-state index contributed by atoms with van der Waals surface area (Å²) in [6.07, 6.45) is -1.46. The molecule has 1 amide bonds. The zero-order chi connectivity index (χ0) is 27.2. The number of nitrogens with one attached hydrogen (secondary N) is 1. The zero-order valence-corrected chi connectivity index (χ0v) is 20.8. The fraction of sp³-hybridized carbons (Fsp3) is 0.179. The molecule has 0 atom stereocenters. The van der Waals surface area contributed by atoms with Crippen LogP contribution < -0.4 is 5.32 Å². The first-order chi connectivity index (χ1) is 17.9. The van der Waals surface area contributed by atoms with Crippen molar-refractivity contribution >= 4 is 17.4 Å². The van der Waals surface area contributed by atoms with Crippen molar-refractivity contribution in [1.82, 2.24) is 19.2 Å². The molecule has 0 fully saturated rings. The third kappa shape index (κ3) is 4.78. The summed E-state index contributed by atoms with van der Waals surface area (Å²) in [6.45, 7) is 3.21. The Hall–Kier alpha value is -4.44. The first-order valence-electron chi connectivity index (χ1n) is 11.7. The van der Waals surface area contributed by atoms with E-state index in [9.17, 15) is 23.1 Å². The number of pyridine rings is 1. The molecule has 2 aromatic carbocycles. The Bertz CT molecular complexity index is 1650. The number of nitrogens with zero attached hydrogens (tertiary/aromatic N) is 4. The highest BCUT2D eigenvalue weighted by Crippen LogP contribution is 2.37. The molecule has 3 aromatic heterocycles. The number of aromatic nitrogens is 4. The number of fused-ring (bicyclic) bond motifs is 1. The van der Waals surface area contributed by atoms with Gasteiger partial charge in [-0.2, -0.15) is 18.3 Å². The Labute approximate surface area is 216 Å². The van der Waals surface area contributed by atoms with E-state index in [1.807, 2.05) is 30.3 Å². The molecule has 2 N–H and O–H groups in total. The van der Waals surface area contributed by atoms with Gasteiger partial charge in [-0.1, -0.05) is 30.3 Å². The summed E-state index contributed by atoms with van der Waals surface area (Å²) in [6, 6.07) is 17.6. The summed E-state index contributed by atoms with van der Waals surface area (Å²) in [5.41, 5.74) is 0.175. The van der Waals surface area contributed by atoms with Crippen LogP contribution in [0, 0.1) is 0 Å². The van der Waals surface area contributed by atoms with Crippen LogP contribution in [0.15, 0.2) is 79.1 Å². The molecule has 0 unspecified atom stereocenters. The Balaban J connectivity index is 1.63. The van der Waals surface area contributed by atoms with Gasteiger partial charge in [0.05, 0.1) is 17.0 Å². The van der Waals surface area contributed by atoms with Gasteiger partial charge in [0.1, 0.15) is 17.1 Å². The quantitative estimate of drug-likeness (QED) is 0.303. The van der Waals surface area contributed by atoms with Gasteiger partial charge in [-0.25, -0.2) is 4.98 Å². The maximum atomic E-state index is 13.8. The molecule has 0 aliphatic rings. The molecule has 7 nitrogen and oxygen atoms in total. The highest BCUT2D eigenvalue weighted by atomic mass is 19.4. The third-order valence-corrected chi connectivity index (χ3v) is 6.15. The molecule has 0 spiro atoms. The van der Waals surface area contributed by atoms with Crippen LogP contribution in [0.3, 0.4) is 0 Å². The highest BCUT2D eigenvalue weighted by molar-refractivity contribution is 6.06. The Morgan fingerprint density at radius 2 is 1.71 bits per heavy atom. The van der Waals surface area contributed by atoms with Crippen LogP contribution in [0.2, 0.25) is 0 Å². The van der Waals surface area contributed by atoms with Gasteiger partial charge in [-0.05, 0) is 55.8 Å². The van der Waals surface area contributed by atoms with Crippen molar-refractivity contribution < 1.29 is 23.1 Å². The van der Waals surface area contributed by atoms with E-state index in [2.05, 4.69) is 15.4 Å². The molecule has 10 heteroatoms. The van der Waals surface area contributed by atoms with E-state index < -0.39 is 23.2 Å². The second kappa shape index (κ2) is 9.14. The van der Waals surface area contributed by atoms with Crippen LogP contribution >= 0.6 is 0 Å². The SMILES string of the molecule is Cn1ccc(-c2cc(C(=O)Nc3c(-c4ccccc4)ccc4nc(C(C)(C)O)cn34)ccc2C(F)(F)F)n1. The summed E-state index contributed by atoms with van der Waals surface area (Å²) >= 11 is 0. The summed E-state index contributed by atoms with van der Waals surface area (Å²) in [7, 11) is 1.60. The zero-order valence-electron chi connectivity index (χ0n) is 20.8. The van der Waals surface area contributed by atoms with Crippen molar-refractivity contribution in [2.24, 2.45) is 7.05 Å². The minimum atomic E-state index is -4.63. The fourth-order valence-electron chi connectivity index (χ4n) is 4.21. The van der Waals surface area contributed by atoms with Gasteiger partial charge >= 0.3 is 6.18 Å². The molecule has 0 bridgehead atoms. The van der Waals surface area contributed by atoms with Gasteiger partial charge in [0.15, 0.2) is 0 Å². The van der Waals surface area contributed by atoms with Crippen LogP contribution in [0.25, 0.3) is 28.0 Å². The predicted octanol–water partition coefficient (Wildman–Crippen LogP) is 5.90. The van der Waals surface area contributed by atoms with E-state index in [0.717, 1.165) is 17.7 Å². The Morgan fingerprint density at radius 3 is 2.34 bits per heavy atom. The Morgan fingerprint density at radius 1 is 0.974 bits per heavy atom. The van der Waals surface area contributed by atoms with Crippen LogP contribution in [0.5, 0.6) is 0 Å². The lowest BCUT2D eigenvalue weighted by molar-refractivity contribution is -0.137. The van der Waals surface area contributed by atoms with Crippen molar-refractivity contribution in [1.29, 1.82) is 0 Å². The van der Waals surface area contributed by atoms with E-state index in [4.69, 9.17) is 0 Å². The summed E-state index contributed by atoms with van der Waals surface area (Å²) in [5.74, 6) is -0.250. The molecule has 0 aliphatic heterocycles. The number of halogens is 3. The normalized spacial score (nSPS) is 12.2. The van der Waals surface area contributed by atoms with Gasteiger partial charge in [-0.3, -0.25) is 13.9 Å². The number of imidazole rings is 1. The van der Waals surface area contributed by atoms with Crippen LogP contribution in [0.4, 0.5) is 19.0 Å². The molecular formula is C28H24F3N5O2. The first-order valence-corrected chi connectivity index (χ1v) is 11.7. The molecule has 194 valence electrons. The molecule has 38 heavy (non-hydrogen) atoms. The van der Waals surface area contributed by atoms with Gasteiger partial charge in [0.2, 0.25) is 0 Å². The fourth-order valence-corrected chi connectivity index (χ4v) is 4.21. The van der Waals surface area contributed by atoms with Crippen LogP contribution in [-0.4, -0.2) is 30.2 Å². The van der Waals surface area contributed by atoms with Crippen LogP contribution in [0.1, 0.15) is 35.5 Å². The molecular weight excluding hydrogens is 495 g/mol. The summed E-state index contributed by atoms with van der Waals surface area (Å²) < 4.78 is 44.4. The van der Waals surface area contributed by atoms with E-state index in [0.29, 0.717) is 22.7 Å². The molecule has 0 saturated carbocycles. The number of carbonyl (C=O) groups is 1. The minimum Gasteiger partial charge on any atom is -0.384 e. The van der Waals surface area contributed by atoms with E-state index >= 15 is 0 Å². The number of aryl methyl sites for hydroxylation is 1. The van der Waals surface area contributed by atoms with E-state index in [1.54, 1.807) is 43.6 Å². The molecule has 0 aliphatic carbocycles. The number of alkyl halides is 3. The van der Waals surface area contributed by atoms with Crippen molar-refractivity contribution in [3.8, 4) is 22.4 Å². The lowest BCUT2D eigenvalue weighted by Gasteiger charge is -2.16. The predicted molar refractivity (Wildman–Crippen MR) is 137 cm³/mol. The van der Waals surface area contributed by atoms with Gasteiger partial charge < -0.3 is 10.4 Å². The number of anilines is 1. The largest absolute Gasteiger partial charge is 0.417 e. The van der Waals surface area contributed by atoms with Gasteiger partial charge in [-0.15, -0.1) is 0 Å². The number of hydrogen-bond donors (Lipinski definition) is 2. The molecule has 0 radical (unpaired) electrons. The summed E-state index contributed by atoms with van der Waals surface area (Å²) in [5, 5.41) is 17.5. The maximum absolute atomic E-state index is 13.8. The summed E-state index contributed by atoms with van der Waals surface area (Å²) in [4.78, 5) is 18.0.